The predicted molar refractivity (Wildman–Crippen MR) is 121 cm³/mol. The summed E-state index contributed by atoms with van der Waals surface area (Å²) in [5, 5.41) is 5.10. The van der Waals surface area contributed by atoms with Gasteiger partial charge in [-0.15, -0.1) is 11.3 Å². The van der Waals surface area contributed by atoms with Gasteiger partial charge < -0.3 is 14.8 Å². The van der Waals surface area contributed by atoms with Crippen LogP contribution in [0.3, 0.4) is 0 Å². The molecule has 156 valence electrons. The molecule has 0 unspecified atom stereocenters. The number of nitrogens with one attached hydrogen (secondary N) is 1. The van der Waals surface area contributed by atoms with E-state index in [1.807, 2.05) is 29.6 Å². The highest BCUT2D eigenvalue weighted by Crippen LogP contribution is 2.35. The summed E-state index contributed by atoms with van der Waals surface area (Å²) >= 11 is 5.10. The van der Waals surface area contributed by atoms with Gasteiger partial charge in [-0.3, -0.25) is 4.79 Å². The number of nitrogens with zero attached hydrogens (tertiary/aromatic N) is 1. The number of carbonyl (C=O) groups excluding carboxylic acids is 1. The first-order chi connectivity index (χ1) is 14.6. The summed E-state index contributed by atoms with van der Waals surface area (Å²) < 4.78 is 12.4. The van der Waals surface area contributed by atoms with E-state index in [4.69, 9.17) is 9.47 Å². The zero-order valence-corrected chi connectivity index (χ0v) is 18.9. The molecule has 2 aromatic carbocycles. The zero-order chi connectivity index (χ0) is 20.8. The Kier molecular flexibility index (Phi) is 6.82. The Bertz CT molecular complexity index is 988. The van der Waals surface area contributed by atoms with Gasteiger partial charge >= 0.3 is 0 Å². The molecule has 5 nitrogen and oxygen atoms in total. The van der Waals surface area contributed by atoms with Crippen LogP contribution in [0.4, 0.5) is 0 Å². The van der Waals surface area contributed by atoms with Crippen LogP contribution < -0.4 is 10.1 Å². The van der Waals surface area contributed by atoms with Crippen LogP contribution in [-0.2, 0) is 16.8 Å². The Labute approximate surface area is 188 Å². The van der Waals surface area contributed by atoms with E-state index in [-0.39, 0.29) is 11.3 Å². The summed E-state index contributed by atoms with van der Waals surface area (Å²) in [6, 6.07) is 15.6. The molecule has 1 saturated heterocycles. The fourth-order valence-electron chi connectivity index (χ4n) is 3.69. The fourth-order valence-corrected chi connectivity index (χ4v) is 4.64. The maximum atomic E-state index is 12.9. The van der Waals surface area contributed by atoms with Gasteiger partial charge in [0.2, 0.25) is 0 Å². The molecule has 1 N–H and O–H groups in total. The number of carbonyl (C=O) groups is 1. The number of hydrogen-bond acceptors (Lipinski definition) is 5. The quantitative estimate of drug-likeness (QED) is 0.512. The van der Waals surface area contributed by atoms with Gasteiger partial charge in [-0.25, -0.2) is 4.98 Å². The first-order valence-corrected chi connectivity index (χ1v) is 11.6. The number of ether oxygens (including phenoxy) is 2. The monoisotopic (exact) mass is 486 g/mol. The summed E-state index contributed by atoms with van der Waals surface area (Å²) in [4.78, 5) is 17.1. The van der Waals surface area contributed by atoms with Gasteiger partial charge in [0.25, 0.3) is 5.91 Å². The van der Waals surface area contributed by atoms with E-state index in [2.05, 4.69) is 38.4 Å². The molecule has 1 fully saturated rings. The summed E-state index contributed by atoms with van der Waals surface area (Å²) in [5.41, 5.74) is 4.34. The normalized spacial score (nSPS) is 15.5. The van der Waals surface area contributed by atoms with Crippen LogP contribution in [0.15, 0.2) is 63.9 Å². The average Bonchev–Trinajstić information content (AvgIpc) is 3.31. The number of hydrogen-bond donors (Lipinski definition) is 1. The summed E-state index contributed by atoms with van der Waals surface area (Å²) in [5.74, 6) is 0.554. The Morgan fingerprint density at radius 2 is 2.03 bits per heavy atom. The second-order valence-corrected chi connectivity index (χ2v) is 9.02. The SMILES string of the molecule is O=C(NCC1(c2cccc(Br)c2)CCOCC1)c1cccc(OCc2cscn2)c1. The summed E-state index contributed by atoms with van der Waals surface area (Å²) in [6.07, 6.45) is 1.75. The third-order valence-corrected chi connectivity index (χ3v) is 6.57. The maximum Gasteiger partial charge on any atom is 0.251 e. The molecule has 0 spiro atoms. The highest BCUT2D eigenvalue weighted by molar-refractivity contribution is 9.10. The molecule has 0 aliphatic carbocycles. The number of halogens is 1. The zero-order valence-electron chi connectivity index (χ0n) is 16.5. The van der Waals surface area contributed by atoms with Crippen molar-refractivity contribution in [2.24, 2.45) is 0 Å². The minimum atomic E-state index is -0.129. The molecule has 0 bridgehead atoms. The minimum Gasteiger partial charge on any atom is -0.487 e. The van der Waals surface area contributed by atoms with Gasteiger partial charge in [-0.05, 0) is 48.7 Å². The number of amides is 1. The smallest absolute Gasteiger partial charge is 0.251 e. The number of benzene rings is 2. The van der Waals surface area contributed by atoms with Gasteiger partial charge in [0.15, 0.2) is 0 Å². The third-order valence-electron chi connectivity index (χ3n) is 5.44. The molecule has 1 aliphatic rings. The second kappa shape index (κ2) is 9.73. The van der Waals surface area contributed by atoms with E-state index in [1.165, 1.54) is 16.9 Å². The van der Waals surface area contributed by atoms with Gasteiger partial charge in [0.1, 0.15) is 12.4 Å². The van der Waals surface area contributed by atoms with Crippen molar-refractivity contribution in [2.45, 2.75) is 24.9 Å². The minimum absolute atomic E-state index is 0.102. The maximum absolute atomic E-state index is 12.9. The van der Waals surface area contributed by atoms with Crippen LogP contribution >= 0.6 is 27.3 Å². The molecule has 0 atom stereocenters. The van der Waals surface area contributed by atoms with Crippen molar-refractivity contribution in [1.29, 1.82) is 0 Å². The molecular weight excluding hydrogens is 464 g/mol. The van der Waals surface area contributed by atoms with E-state index in [0.29, 0.717) is 37.7 Å². The van der Waals surface area contributed by atoms with Gasteiger partial charge in [0.05, 0.1) is 11.2 Å². The van der Waals surface area contributed by atoms with Crippen molar-refractivity contribution in [3.8, 4) is 5.75 Å². The lowest BCUT2D eigenvalue weighted by atomic mass is 9.74. The molecule has 0 radical (unpaired) electrons. The van der Waals surface area contributed by atoms with Crippen LogP contribution in [0.1, 0.15) is 34.5 Å². The van der Waals surface area contributed by atoms with Crippen molar-refractivity contribution in [2.75, 3.05) is 19.8 Å². The third kappa shape index (κ3) is 5.09. The van der Waals surface area contributed by atoms with E-state index in [9.17, 15) is 4.79 Å². The van der Waals surface area contributed by atoms with E-state index in [1.54, 1.807) is 17.6 Å². The Hall–Kier alpha value is -2.22. The predicted octanol–water partition coefficient (Wildman–Crippen LogP) is 4.96. The number of rotatable bonds is 7. The average molecular weight is 487 g/mol. The molecule has 1 aromatic heterocycles. The first-order valence-electron chi connectivity index (χ1n) is 9.87. The van der Waals surface area contributed by atoms with Gasteiger partial charge in [-0.2, -0.15) is 0 Å². The largest absolute Gasteiger partial charge is 0.487 e. The standard InChI is InChI=1S/C23H23BrN2O3S/c24-19-5-2-4-18(12-19)23(7-9-28-10-8-23)15-25-22(27)17-3-1-6-21(11-17)29-13-20-14-30-16-26-20/h1-6,11-12,14,16H,7-10,13,15H2,(H,25,27). The van der Waals surface area contributed by atoms with Crippen molar-refractivity contribution in [3.63, 3.8) is 0 Å². The molecule has 2 heterocycles. The van der Waals surface area contributed by atoms with Crippen LogP contribution in [0, 0.1) is 0 Å². The van der Waals surface area contributed by atoms with Crippen LogP contribution in [0.5, 0.6) is 5.75 Å². The lowest BCUT2D eigenvalue weighted by molar-refractivity contribution is 0.0487. The van der Waals surface area contributed by atoms with E-state index < -0.39 is 0 Å². The summed E-state index contributed by atoms with van der Waals surface area (Å²) in [6.45, 7) is 2.35. The van der Waals surface area contributed by atoms with Crippen molar-refractivity contribution in [1.82, 2.24) is 10.3 Å². The second-order valence-electron chi connectivity index (χ2n) is 7.38. The molecule has 4 rings (SSSR count). The molecule has 0 saturated carbocycles. The topological polar surface area (TPSA) is 60.5 Å². The van der Waals surface area contributed by atoms with Crippen LogP contribution in [0.25, 0.3) is 0 Å². The molecule has 1 aliphatic heterocycles. The van der Waals surface area contributed by atoms with E-state index in [0.717, 1.165) is 23.0 Å². The number of thiazole rings is 1. The highest BCUT2D eigenvalue weighted by atomic mass is 79.9. The molecule has 3 aromatic rings. The highest BCUT2D eigenvalue weighted by Gasteiger charge is 2.35. The van der Waals surface area contributed by atoms with Crippen molar-refractivity contribution < 1.29 is 14.3 Å². The fraction of sp³-hybridized carbons (Fsp3) is 0.304. The lowest BCUT2D eigenvalue weighted by Crippen LogP contribution is -2.44. The Morgan fingerprint density at radius 1 is 1.20 bits per heavy atom. The Morgan fingerprint density at radius 3 is 2.80 bits per heavy atom. The summed E-state index contributed by atoms with van der Waals surface area (Å²) in [7, 11) is 0. The molecular formula is C23H23BrN2O3S. The van der Waals surface area contributed by atoms with Gasteiger partial charge in [-0.1, -0.05) is 34.1 Å². The number of aromatic nitrogens is 1. The molecule has 30 heavy (non-hydrogen) atoms. The lowest BCUT2D eigenvalue weighted by Gasteiger charge is -2.38. The van der Waals surface area contributed by atoms with Gasteiger partial charge in [0, 0.05) is 40.6 Å². The Balaban J connectivity index is 1.44. The van der Waals surface area contributed by atoms with Crippen molar-refractivity contribution in [3.05, 3.63) is 80.7 Å². The van der Waals surface area contributed by atoms with Crippen molar-refractivity contribution >= 4 is 33.2 Å². The van der Waals surface area contributed by atoms with Crippen LogP contribution in [-0.4, -0.2) is 30.6 Å². The van der Waals surface area contributed by atoms with Crippen LogP contribution in [0.2, 0.25) is 0 Å². The molecule has 7 heteroatoms. The first kappa shape index (κ1) is 21.0. The molecule has 1 amide bonds. The van der Waals surface area contributed by atoms with E-state index >= 15 is 0 Å².